The van der Waals surface area contributed by atoms with Crippen molar-refractivity contribution in [2.75, 3.05) is 7.11 Å². The largest absolute Gasteiger partial charge is 0.387 e. The summed E-state index contributed by atoms with van der Waals surface area (Å²) in [5, 5.41) is 19.3. The number of hydrogen-bond acceptors (Lipinski definition) is 5. The number of aromatic nitrogens is 3. The fourth-order valence-corrected chi connectivity index (χ4v) is 9.98. The van der Waals surface area contributed by atoms with Crippen LogP contribution in [0.4, 0.5) is 4.39 Å². The zero-order valence-electron chi connectivity index (χ0n) is 20.7. The van der Waals surface area contributed by atoms with E-state index < -0.39 is 5.60 Å². The Balaban J connectivity index is 1.09. The van der Waals surface area contributed by atoms with Crippen molar-refractivity contribution in [2.24, 2.45) is 46.8 Å². The van der Waals surface area contributed by atoms with Gasteiger partial charge in [0.15, 0.2) is 5.78 Å². The van der Waals surface area contributed by atoms with E-state index in [1.807, 2.05) is 0 Å². The number of carbonyl (C=O) groups is 1. The summed E-state index contributed by atoms with van der Waals surface area (Å²) < 4.78 is 20.9. The number of hydrogen-bond donors (Lipinski definition) is 1. The number of carbonyl (C=O) groups excluding carboxylic acids is 1. The number of halogens is 1. The summed E-state index contributed by atoms with van der Waals surface area (Å²) >= 11 is 0. The van der Waals surface area contributed by atoms with Crippen LogP contribution in [0.25, 0.3) is 11.0 Å². The summed E-state index contributed by atoms with van der Waals surface area (Å²) in [4.78, 5) is 13.6. The maximum atomic E-state index is 13.6. The van der Waals surface area contributed by atoms with Gasteiger partial charge in [-0.15, -0.1) is 5.10 Å². The SMILES string of the molecule is COC1C2[C@H]3CC[C@@H]4[C@H](CC[C@]5(C)[C@@H](C(=O)Cn6nnc7cc(F)ccc76)CC[C@@H]45)[C@H]3CC[C@]12O. The average Bonchev–Trinajstić information content (AvgIpc) is 3.08. The Labute approximate surface area is 205 Å². The molecule has 1 N–H and O–H groups in total. The lowest BCUT2D eigenvalue weighted by Gasteiger charge is -2.55. The molecule has 1 aromatic carbocycles. The van der Waals surface area contributed by atoms with Crippen molar-refractivity contribution in [1.82, 2.24) is 15.0 Å². The monoisotopic (exact) mass is 481 g/mol. The van der Waals surface area contributed by atoms with Crippen LogP contribution in [0.5, 0.6) is 0 Å². The van der Waals surface area contributed by atoms with Crippen LogP contribution in [0.15, 0.2) is 18.2 Å². The highest BCUT2D eigenvalue weighted by atomic mass is 19.1. The first-order valence-corrected chi connectivity index (χ1v) is 13.6. The number of aliphatic hydroxyl groups is 1. The second kappa shape index (κ2) is 7.58. The molecular weight excluding hydrogens is 445 g/mol. The number of fused-ring (bicyclic) bond motifs is 8. The first-order valence-electron chi connectivity index (χ1n) is 13.6. The molecule has 5 saturated carbocycles. The predicted molar refractivity (Wildman–Crippen MR) is 128 cm³/mol. The predicted octanol–water partition coefficient (Wildman–Crippen LogP) is 4.39. The van der Waals surface area contributed by atoms with Crippen molar-refractivity contribution in [3.05, 3.63) is 24.0 Å². The molecule has 0 bridgehead atoms. The van der Waals surface area contributed by atoms with Crippen molar-refractivity contribution in [1.29, 1.82) is 0 Å². The summed E-state index contributed by atoms with van der Waals surface area (Å²) in [5.41, 5.74) is 0.704. The van der Waals surface area contributed by atoms with Crippen molar-refractivity contribution >= 4 is 16.8 Å². The van der Waals surface area contributed by atoms with Crippen LogP contribution in [-0.2, 0) is 16.1 Å². The highest BCUT2D eigenvalue weighted by Gasteiger charge is 2.72. The minimum absolute atomic E-state index is 0.0424. The molecule has 0 radical (unpaired) electrons. The number of ketones is 1. The molecule has 0 aliphatic heterocycles. The number of rotatable bonds is 4. The lowest BCUT2D eigenvalue weighted by molar-refractivity contribution is -0.131. The Morgan fingerprint density at radius 1 is 1.11 bits per heavy atom. The van der Waals surface area contributed by atoms with Gasteiger partial charge in [0.25, 0.3) is 0 Å². The standard InChI is InChI=1S/C28H36FN3O3/c1-27-11-9-16-17-10-12-28(34)25(26(28)35-2)19(17)5-4-18(16)20(27)6-7-21(27)24(33)14-32-23-8-3-15(29)13-22(23)30-31-32/h3,8,13,16-21,25-26,34H,4-7,9-12,14H2,1-2H3/t16-,17-,18-,19+,20+,21-,25?,26?,27+,28-/m1/s1. The molecule has 7 rings (SSSR count). The Kier molecular flexibility index (Phi) is 4.84. The van der Waals surface area contributed by atoms with Crippen LogP contribution in [0.1, 0.15) is 58.3 Å². The molecule has 0 amide bonds. The maximum absolute atomic E-state index is 13.6. The Morgan fingerprint density at radius 3 is 2.71 bits per heavy atom. The highest BCUT2D eigenvalue weighted by Crippen LogP contribution is 2.69. The number of nitrogens with zero attached hydrogens (tertiary/aromatic N) is 3. The Hall–Kier alpha value is -1.86. The van der Waals surface area contributed by atoms with E-state index in [1.54, 1.807) is 17.9 Å². The van der Waals surface area contributed by atoms with Crippen LogP contribution >= 0.6 is 0 Å². The molecule has 10 atom stereocenters. The fourth-order valence-electron chi connectivity index (χ4n) is 9.98. The topological polar surface area (TPSA) is 77.2 Å². The molecular formula is C28H36FN3O3. The van der Waals surface area contributed by atoms with Crippen LogP contribution < -0.4 is 0 Å². The van der Waals surface area contributed by atoms with Crippen molar-refractivity contribution < 1.29 is 19.0 Å². The van der Waals surface area contributed by atoms with E-state index in [4.69, 9.17) is 4.74 Å². The van der Waals surface area contributed by atoms with E-state index in [1.165, 1.54) is 31.4 Å². The van der Waals surface area contributed by atoms with Crippen LogP contribution in [-0.4, -0.2) is 44.7 Å². The van der Waals surface area contributed by atoms with Crippen molar-refractivity contribution in [2.45, 2.75) is 76.5 Å². The van der Waals surface area contributed by atoms with E-state index in [-0.39, 0.29) is 35.6 Å². The number of ether oxygens (including phenoxy) is 1. The van der Waals surface area contributed by atoms with Crippen LogP contribution in [0, 0.1) is 52.7 Å². The summed E-state index contributed by atoms with van der Waals surface area (Å²) in [6.07, 6.45) is 8.92. The van der Waals surface area contributed by atoms with E-state index in [0.717, 1.165) is 38.0 Å². The third-order valence-electron chi connectivity index (χ3n) is 11.5. The van der Waals surface area contributed by atoms with Crippen LogP contribution in [0.3, 0.4) is 0 Å². The Morgan fingerprint density at radius 2 is 1.89 bits per heavy atom. The van der Waals surface area contributed by atoms with Gasteiger partial charge < -0.3 is 9.84 Å². The molecule has 1 heterocycles. The molecule has 1 aromatic heterocycles. The fraction of sp³-hybridized carbons (Fsp3) is 0.750. The summed E-state index contributed by atoms with van der Waals surface area (Å²) in [6, 6.07) is 4.44. The molecule has 5 fully saturated rings. The van der Waals surface area contributed by atoms with Gasteiger partial charge in [-0.3, -0.25) is 4.79 Å². The summed E-state index contributed by atoms with van der Waals surface area (Å²) in [5.74, 6) is 3.67. The second-order valence-corrected chi connectivity index (χ2v) is 12.6. The third-order valence-corrected chi connectivity index (χ3v) is 11.5. The first kappa shape index (κ1) is 22.3. The van der Waals surface area contributed by atoms with Gasteiger partial charge in [0.2, 0.25) is 0 Å². The maximum Gasteiger partial charge on any atom is 0.157 e. The minimum atomic E-state index is -0.561. The van der Waals surface area contributed by atoms with E-state index in [9.17, 15) is 14.3 Å². The normalized spacial score (nSPS) is 45.9. The van der Waals surface area contributed by atoms with Gasteiger partial charge in [0.1, 0.15) is 17.9 Å². The first-order chi connectivity index (χ1) is 16.8. The summed E-state index contributed by atoms with van der Waals surface area (Å²) in [6.45, 7) is 2.60. The molecule has 0 spiro atoms. The molecule has 188 valence electrons. The number of methoxy groups -OCH3 is 1. The molecule has 5 aliphatic rings. The molecule has 5 aliphatic carbocycles. The smallest absolute Gasteiger partial charge is 0.157 e. The van der Waals surface area contributed by atoms with E-state index in [2.05, 4.69) is 17.2 Å². The second-order valence-electron chi connectivity index (χ2n) is 12.6. The lowest BCUT2D eigenvalue weighted by Crippen LogP contribution is -2.50. The van der Waals surface area contributed by atoms with Gasteiger partial charge in [0, 0.05) is 25.0 Å². The average molecular weight is 482 g/mol. The molecule has 0 saturated heterocycles. The van der Waals surface area contributed by atoms with Crippen LogP contribution in [0.2, 0.25) is 0 Å². The zero-order valence-corrected chi connectivity index (χ0v) is 20.7. The lowest BCUT2D eigenvalue weighted by atomic mass is 9.49. The molecule has 6 nitrogen and oxygen atoms in total. The zero-order chi connectivity index (χ0) is 24.1. The number of Topliss-reactive ketones (excluding diaryl/α,β-unsaturated/α-hetero) is 1. The Bertz CT molecular complexity index is 1180. The third kappa shape index (κ3) is 3.03. The van der Waals surface area contributed by atoms with Gasteiger partial charge in [-0.1, -0.05) is 12.1 Å². The van der Waals surface area contributed by atoms with Gasteiger partial charge >= 0.3 is 0 Å². The van der Waals surface area contributed by atoms with E-state index >= 15 is 0 Å². The van der Waals surface area contributed by atoms with Gasteiger partial charge in [-0.05, 0) is 98.5 Å². The van der Waals surface area contributed by atoms with Crippen molar-refractivity contribution in [3.8, 4) is 0 Å². The molecule has 35 heavy (non-hydrogen) atoms. The summed E-state index contributed by atoms with van der Waals surface area (Å²) in [7, 11) is 1.75. The van der Waals surface area contributed by atoms with E-state index in [0.29, 0.717) is 40.6 Å². The number of benzene rings is 1. The minimum Gasteiger partial charge on any atom is -0.387 e. The molecule has 2 unspecified atom stereocenters. The molecule has 2 aromatic rings. The van der Waals surface area contributed by atoms with Gasteiger partial charge in [0.05, 0.1) is 17.2 Å². The molecule has 7 heteroatoms. The highest BCUT2D eigenvalue weighted by molar-refractivity contribution is 5.84. The van der Waals surface area contributed by atoms with Gasteiger partial charge in [-0.2, -0.15) is 0 Å². The van der Waals surface area contributed by atoms with Gasteiger partial charge in [-0.25, -0.2) is 9.07 Å². The quantitative estimate of drug-likeness (QED) is 0.701. The van der Waals surface area contributed by atoms with Crippen molar-refractivity contribution in [3.63, 3.8) is 0 Å².